The van der Waals surface area contributed by atoms with Crippen molar-refractivity contribution in [3.8, 4) is 5.75 Å². The maximum Gasteiger partial charge on any atom is 0.135 e. The van der Waals surface area contributed by atoms with Gasteiger partial charge in [-0.25, -0.2) is 0 Å². The number of pyridine rings is 1. The number of nitrogens with two attached hydrogens (primary N) is 1. The van der Waals surface area contributed by atoms with Crippen LogP contribution >= 0.6 is 15.9 Å². The zero-order valence-electron chi connectivity index (χ0n) is 5.92. The Bertz CT molecular complexity index is 252. The summed E-state index contributed by atoms with van der Waals surface area (Å²) >= 11 is 3.27. The molecule has 0 aliphatic heterocycles. The summed E-state index contributed by atoms with van der Waals surface area (Å²) < 4.78 is 0.808. The van der Waals surface area contributed by atoms with Gasteiger partial charge in [-0.1, -0.05) is 0 Å². The SMILES string of the molecule is NCCc1ncc(O)cc1Br. The van der Waals surface area contributed by atoms with E-state index in [1.807, 2.05) is 0 Å². The lowest BCUT2D eigenvalue weighted by Gasteiger charge is -2.00. The molecule has 0 bridgehead atoms. The van der Waals surface area contributed by atoms with Gasteiger partial charge in [0.15, 0.2) is 0 Å². The number of halogens is 1. The van der Waals surface area contributed by atoms with E-state index in [0.717, 1.165) is 16.6 Å². The Morgan fingerprint density at radius 1 is 1.64 bits per heavy atom. The largest absolute Gasteiger partial charge is 0.506 e. The van der Waals surface area contributed by atoms with Gasteiger partial charge >= 0.3 is 0 Å². The average molecular weight is 217 g/mol. The van der Waals surface area contributed by atoms with Crippen LogP contribution in [0.25, 0.3) is 0 Å². The van der Waals surface area contributed by atoms with Gasteiger partial charge in [0, 0.05) is 10.9 Å². The minimum absolute atomic E-state index is 0.164. The highest BCUT2D eigenvalue weighted by atomic mass is 79.9. The molecule has 1 aromatic heterocycles. The van der Waals surface area contributed by atoms with Crippen molar-refractivity contribution in [2.24, 2.45) is 5.73 Å². The van der Waals surface area contributed by atoms with Gasteiger partial charge in [0.05, 0.1) is 11.9 Å². The van der Waals surface area contributed by atoms with Crippen molar-refractivity contribution >= 4 is 15.9 Å². The molecular weight excluding hydrogens is 208 g/mol. The Balaban J connectivity index is 2.90. The second kappa shape index (κ2) is 3.69. The van der Waals surface area contributed by atoms with Crippen LogP contribution in [0.5, 0.6) is 5.75 Å². The van der Waals surface area contributed by atoms with E-state index in [2.05, 4.69) is 20.9 Å². The van der Waals surface area contributed by atoms with Crippen LogP contribution in [-0.2, 0) is 6.42 Å². The Kier molecular flexibility index (Phi) is 2.84. The van der Waals surface area contributed by atoms with Crippen LogP contribution in [0, 0.1) is 0 Å². The average Bonchev–Trinajstić information content (AvgIpc) is 1.95. The molecule has 0 aromatic carbocycles. The highest BCUT2D eigenvalue weighted by molar-refractivity contribution is 9.10. The summed E-state index contributed by atoms with van der Waals surface area (Å²) in [5.74, 6) is 0.164. The van der Waals surface area contributed by atoms with Crippen LogP contribution in [0.1, 0.15) is 5.69 Å². The van der Waals surface area contributed by atoms with Gasteiger partial charge in [-0.2, -0.15) is 0 Å². The molecule has 1 heterocycles. The van der Waals surface area contributed by atoms with Crippen LogP contribution in [0.15, 0.2) is 16.7 Å². The van der Waals surface area contributed by atoms with E-state index in [0.29, 0.717) is 6.54 Å². The van der Waals surface area contributed by atoms with Crippen LogP contribution in [0.2, 0.25) is 0 Å². The number of nitrogens with zero attached hydrogens (tertiary/aromatic N) is 1. The Morgan fingerprint density at radius 3 is 2.91 bits per heavy atom. The zero-order valence-corrected chi connectivity index (χ0v) is 7.50. The van der Waals surface area contributed by atoms with Crippen molar-refractivity contribution < 1.29 is 5.11 Å². The van der Waals surface area contributed by atoms with Crippen molar-refractivity contribution in [1.29, 1.82) is 0 Å². The van der Waals surface area contributed by atoms with Gasteiger partial charge in [0.2, 0.25) is 0 Å². The van der Waals surface area contributed by atoms with E-state index < -0.39 is 0 Å². The number of rotatable bonds is 2. The fourth-order valence-electron chi connectivity index (χ4n) is 0.777. The van der Waals surface area contributed by atoms with Gasteiger partial charge in [0.25, 0.3) is 0 Å². The van der Waals surface area contributed by atoms with Crippen LogP contribution in [0.4, 0.5) is 0 Å². The molecule has 11 heavy (non-hydrogen) atoms. The van der Waals surface area contributed by atoms with Gasteiger partial charge in [-0.3, -0.25) is 4.98 Å². The molecule has 0 atom stereocenters. The third-order valence-electron chi connectivity index (χ3n) is 1.28. The Labute approximate surface area is 73.4 Å². The molecule has 0 fully saturated rings. The maximum atomic E-state index is 8.98. The molecule has 4 heteroatoms. The van der Waals surface area contributed by atoms with E-state index in [-0.39, 0.29) is 5.75 Å². The molecule has 0 amide bonds. The summed E-state index contributed by atoms with van der Waals surface area (Å²) in [6.07, 6.45) is 2.14. The summed E-state index contributed by atoms with van der Waals surface area (Å²) in [5.41, 5.74) is 6.22. The molecule has 0 spiro atoms. The molecule has 0 saturated carbocycles. The third-order valence-corrected chi connectivity index (χ3v) is 1.97. The number of aromatic nitrogens is 1. The first-order chi connectivity index (χ1) is 5.24. The summed E-state index contributed by atoms with van der Waals surface area (Å²) in [7, 11) is 0. The lowest BCUT2D eigenvalue weighted by atomic mass is 10.3. The van der Waals surface area contributed by atoms with Gasteiger partial charge in [0.1, 0.15) is 5.75 Å². The molecule has 1 rings (SSSR count). The molecule has 0 aliphatic rings. The standard InChI is InChI=1S/C7H9BrN2O/c8-6-3-5(11)4-10-7(6)1-2-9/h3-4,11H,1-2,9H2. The van der Waals surface area contributed by atoms with Crippen molar-refractivity contribution in [3.63, 3.8) is 0 Å². The summed E-state index contributed by atoms with van der Waals surface area (Å²) in [6.45, 7) is 0.566. The van der Waals surface area contributed by atoms with Gasteiger partial charge in [-0.05, 0) is 28.5 Å². The molecule has 1 aromatic rings. The number of hydrogen-bond donors (Lipinski definition) is 2. The predicted molar refractivity (Wildman–Crippen MR) is 46.4 cm³/mol. The highest BCUT2D eigenvalue weighted by Gasteiger charge is 2.00. The monoisotopic (exact) mass is 216 g/mol. The fraction of sp³-hybridized carbons (Fsp3) is 0.286. The molecule has 3 nitrogen and oxygen atoms in total. The molecule has 0 unspecified atom stereocenters. The topological polar surface area (TPSA) is 59.1 Å². The number of aromatic hydroxyl groups is 1. The van der Waals surface area contributed by atoms with Crippen LogP contribution < -0.4 is 5.73 Å². The van der Waals surface area contributed by atoms with Crippen molar-refractivity contribution in [2.75, 3.05) is 6.54 Å². The van der Waals surface area contributed by atoms with E-state index in [4.69, 9.17) is 10.8 Å². The van der Waals surface area contributed by atoms with E-state index in [1.165, 1.54) is 6.20 Å². The Morgan fingerprint density at radius 2 is 2.36 bits per heavy atom. The third kappa shape index (κ3) is 2.17. The van der Waals surface area contributed by atoms with E-state index in [1.54, 1.807) is 6.07 Å². The van der Waals surface area contributed by atoms with Crippen molar-refractivity contribution in [2.45, 2.75) is 6.42 Å². The second-order valence-electron chi connectivity index (χ2n) is 2.16. The lowest BCUT2D eigenvalue weighted by molar-refractivity contribution is 0.471. The quantitative estimate of drug-likeness (QED) is 0.778. The van der Waals surface area contributed by atoms with Crippen molar-refractivity contribution in [1.82, 2.24) is 4.98 Å². The Hall–Kier alpha value is -0.610. The van der Waals surface area contributed by atoms with E-state index in [9.17, 15) is 0 Å². The fourth-order valence-corrected chi connectivity index (χ4v) is 1.31. The van der Waals surface area contributed by atoms with Crippen LogP contribution in [-0.4, -0.2) is 16.6 Å². The summed E-state index contributed by atoms with van der Waals surface area (Å²) in [5, 5.41) is 8.98. The van der Waals surface area contributed by atoms with Gasteiger partial charge in [-0.15, -0.1) is 0 Å². The first-order valence-corrected chi connectivity index (χ1v) is 4.07. The first-order valence-electron chi connectivity index (χ1n) is 3.27. The zero-order chi connectivity index (χ0) is 8.27. The van der Waals surface area contributed by atoms with E-state index >= 15 is 0 Å². The lowest BCUT2D eigenvalue weighted by Crippen LogP contribution is -2.04. The maximum absolute atomic E-state index is 8.98. The summed E-state index contributed by atoms with van der Waals surface area (Å²) in [6, 6.07) is 1.61. The smallest absolute Gasteiger partial charge is 0.135 e. The number of hydrogen-bond acceptors (Lipinski definition) is 3. The molecule has 60 valence electrons. The molecule has 0 saturated heterocycles. The second-order valence-corrected chi connectivity index (χ2v) is 3.02. The normalized spacial score (nSPS) is 10.0. The minimum Gasteiger partial charge on any atom is -0.506 e. The molecule has 0 radical (unpaired) electrons. The molecular formula is C7H9BrN2O. The predicted octanol–water partition coefficient (Wildman–Crippen LogP) is 1.05. The molecule has 0 aliphatic carbocycles. The van der Waals surface area contributed by atoms with Crippen LogP contribution in [0.3, 0.4) is 0 Å². The molecule has 3 N–H and O–H groups in total. The van der Waals surface area contributed by atoms with Gasteiger partial charge < -0.3 is 10.8 Å². The minimum atomic E-state index is 0.164. The highest BCUT2D eigenvalue weighted by Crippen LogP contribution is 2.19. The summed E-state index contributed by atoms with van der Waals surface area (Å²) in [4.78, 5) is 3.99. The van der Waals surface area contributed by atoms with Crippen molar-refractivity contribution in [3.05, 3.63) is 22.4 Å². The first kappa shape index (κ1) is 8.49.